The number of hydrogen-bond acceptors (Lipinski definition) is 3. The second-order valence-corrected chi connectivity index (χ2v) is 6.16. The molecule has 1 aromatic rings. The highest BCUT2D eigenvalue weighted by Crippen LogP contribution is 2.33. The van der Waals surface area contributed by atoms with Gasteiger partial charge in [0.15, 0.2) is 11.3 Å². The monoisotopic (exact) mass is 308 g/mol. The molecule has 1 aliphatic carbocycles. The Bertz CT molecular complexity index is 926. The van der Waals surface area contributed by atoms with E-state index in [1.54, 1.807) is 0 Å². The van der Waals surface area contributed by atoms with Gasteiger partial charge in [-0.2, -0.15) is 0 Å². The van der Waals surface area contributed by atoms with E-state index >= 15 is 0 Å². The molecule has 3 aliphatic rings. The number of benzene rings is 2. The first-order valence-electron chi connectivity index (χ1n) is 8.39. The number of likely N-dealkylation sites (N-methyl/N-ethyl adjacent to an activating group) is 1. The molecule has 2 aliphatic heterocycles. The average molecular weight is 308 g/mol. The summed E-state index contributed by atoms with van der Waals surface area (Å²) in [5, 5.41) is 1.11. The minimum atomic E-state index is 0.833. The molecular formula is C19H22N3O+. The quantitative estimate of drug-likeness (QED) is 0.732. The van der Waals surface area contributed by atoms with Crippen LogP contribution in [0.5, 0.6) is 0 Å². The fourth-order valence-electron chi connectivity index (χ4n) is 3.44. The van der Waals surface area contributed by atoms with Crippen LogP contribution in [-0.2, 0) is 6.42 Å². The summed E-state index contributed by atoms with van der Waals surface area (Å²) in [5.74, 6) is 0.833. The molecule has 0 radical (unpaired) electrons. The van der Waals surface area contributed by atoms with E-state index in [1.165, 1.54) is 16.8 Å². The molecule has 0 saturated heterocycles. The van der Waals surface area contributed by atoms with Crippen molar-refractivity contribution in [1.82, 2.24) is 4.98 Å². The van der Waals surface area contributed by atoms with E-state index in [2.05, 4.69) is 54.9 Å². The molecule has 4 rings (SSSR count). The molecule has 1 N–H and O–H groups in total. The van der Waals surface area contributed by atoms with Crippen LogP contribution >= 0.6 is 0 Å². The minimum Gasteiger partial charge on any atom is -0.452 e. The van der Waals surface area contributed by atoms with E-state index in [9.17, 15) is 0 Å². The van der Waals surface area contributed by atoms with Crippen molar-refractivity contribution < 1.29 is 9.41 Å². The second-order valence-electron chi connectivity index (χ2n) is 6.16. The normalized spacial score (nSPS) is 14.9. The number of nitrogens with one attached hydrogen (secondary N) is 1. The van der Waals surface area contributed by atoms with Crippen LogP contribution in [0.25, 0.3) is 22.6 Å². The lowest BCUT2D eigenvalue weighted by molar-refractivity contribution is -0.496. The fraction of sp³-hybridized carbons (Fsp3) is 0.368. The first-order valence-corrected chi connectivity index (χ1v) is 8.39. The van der Waals surface area contributed by atoms with Gasteiger partial charge in [0.2, 0.25) is 5.36 Å². The summed E-state index contributed by atoms with van der Waals surface area (Å²) >= 11 is 0. The molecule has 0 fully saturated rings. The third-order valence-corrected chi connectivity index (χ3v) is 4.67. The zero-order chi connectivity index (χ0) is 16.0. The van der Waals surface area contributed by atoms with E-state index in [4.69, 9.17) is 9.40 Å². The van der Waals surface area contributed by atoms with Crippen molar-refractivity contribution in [2.75, 3.05) is 24.5 Å². The molecule has 0 unspecified atom stereocenters. The van der Waals surface area contributed by atoms with Crippen LogP contribution in [-0.4, -0.2) is 24.6 Å². The third kappa shape index (κ3) is 2.29. The number of aromatic nitrogens is 1. The molecular weight excluding hydrogens is 286 g/mol. The average Bonchev–Trinajstić information content (AvgIpc) is 2.94. The van der Waals surface area contributed by atoms with Crippen LogP contribution in [0, 0.1) is 6.92 Å². The third-order valence-electron chi connectivity index (χ3n) is 4.67. The van der Waals surface area contributed by atoms with Crippen molar-refractivity contribution in [3.8, 4) is 11.5 Å². The maximum absolute atomic E-state index is 6.18. The molecule has 2 heterocycles. The Balaban J connectivity index is 1.97. The van der Waals surface area contributed by atoms with Crippen LogP contribution < -0.4 is 15.2 Å². The highest BCUT2D eigenvalue weighted by molar-refractivity contribution is 5.83. The van der Waals surface area contributed by atoms with Gasteiger partial charge in [-0.25, -0.2) is 9.98 Å². The number of anilines is 1. The smallest absolute Gasteiger partial charge is 0.205 e. The predicted octanol–water partition coefficient (Wildman–Crippen LogP) is 1.62. The molecule has 4 heteroatoms. The Kier molecular flexibility index (Phi) is 3.33. The minimum absolute atomic E-state index is 0.833. The van der Waals surface area contributed by atoms with Gasteiger partial charge in [0, 0.05) is 30.4 Å². The van der Waals surface area contributed by atoms with Crippen LogP contribution in [0.4, 0.5) is 5.69 Å². The first kappa shape index (κ1) is 14.2. The van der Waals surface area contributed by atoms with Crippen LogP contribution in [0.3, 0.4) is 0 Å². The number of fused-ring (bicyclic) bond motifs is 3. The zero-order valence-electron chi connectivity index (χ0n) is 13.9. The van der Waals surface area contributed by atoms with Gasteiger partial charge in [-0.1, -0.05) is 0 Å². The van der Waals surface area contributed by atoms with Crippen molar-refractivity contribution in [3.63, 3.8) is 0 Å². The second kappa shape index (κ2) is 5.37. The number of hydrogen-bond donors (Lipinski definition) is 1. The van der Waals surface area contributed by atoms with Crippen molar-refractivity contribution in [2.24, 2.45) is 0 Å². The maximum Gasteiger partial charge on any atom is 0.205 e. The summed E-state index contributed by atoms with van der Waals surface area (Å²) in [7, 11) is 0. The van der Waals surface area contributed by atoms with Gasteiger partial charge in [0.1, 0.15) is 17.8 Å². The molecule has 1 aromatic carbocycles. The Hall–Kier alpha value is -2.36. The summed E-state index contributed by atoms with van der Waals surface area (Å²) in [6.45, 7) is 9.41. The molecule has 118 valence electrons. The molecule has 4 nitrogen and oxygen atoms in total. The summed E-state index contributed by atoms with van der Waals surface area (Å²) in [6, 6.07) is 8.50. The number of aryl methyl sites for hydroxylation is 1. The Morgan fingerprint density at radius 3 is 2.87 bits per heavy atom. The fourth-order valence-corrected chi connectivity index (χ4v) is 3.44. The van der Waals surface area contributed by atoms with Crippen molar-refractivity contribution in [2.45, 2.75) is 27.2 Å². The molecule has 0 saturated carbocycles. The molecule has 0 spiro atoms. The van der Waals surface area contributed by atoms with E-state index < -0.39 is 0 Å². The SMILES string of the molecule is CC[NH+]=c1cc2oc3cc4c(cc3nc-2cc1C)CCN4CC. The van der Waals surface area contributed by atoms with Gasteiger partial charge in [0.25, 0.3) is 0 Å². The molecule has 23 heavy (non-hydrogen) atoms. The standard InChI is InChI=1S/C19H21N3O/c1-4-20-14-10-18-15(8-12(14)3)21-16-9-13-6-7-22(5-2)17(13)11-19(16)23-18/h8-11H,4-7H2,1-3H3/p+1. The van der Waals surface area contributed by atoms with Gasteiger partial charge in [-0.05, 0) is 44.9 Å². The van der Waals surface area contributed by atoms with Gasteiger partial charge in [-0.3, -0.25) is 0 Å². The molecule has 0 bridgehead atoms. The van der Waals surface area contributed by atoms with Gasteiger partial charge in [-0.15, -0.1) is 0 Å². The summed E-state index contributed by atoms with van der Waals surface area (Å²) in [4.78, 5) is 10.6. The van der Waals surface area contributed by atoms with Crippen LogP contribution in [0.15, 0.2) is 28.7 Å². The number of nitrogens with zero attached hydrogens (tertiary/aromatic N) is 2. The van der Waals surface area contributed by atoms with E-state index in [-0.39, 0.29) is 0 Å². The molecule has 0 atom stereocenters. The lowest BCUT2D eigenvalue weighted by atomic mass is 10.1. The lowest BCUT2D eigenvalue weighted by Crippen LogP contribution is -2.76. The zero-order valence-corrected chi connectivity index (χ0v) is 13.9. The van der Waals surface area contributed by atoms with E-state index in [0.29, 0.717) is 0 Å². The molecule has 0 aromatic heterocycles. The van der Waals surface area contributed by atoms with E-state index in [0.717, 1.165) is 54.0 Å². The van der Waals surface area contributed by atoms with Gasteiger partial charge < -0.3 is 9.32 Å². The maximum atomic E-state index is 6.18. The Morgan fingerprint density at radius 1 is 1.22 bits per heavy atom. The molecule has 0 amide bonds. The van der Waals surface area contributed by atoms with Crippen molar-refractivity contribution >= 4 is 16.8 Å². The van der Waals surface area contributed by atoms with Gasteiger partial charge in [0.05, 0.1) is 6.07 Å². The topological polar surface area (TPSA) is 43.2 Å². The largest absolute Gasteiger partial charge is 0.452 e. The van der Waals surface area contributed by atoms with Crippen LogP contribution in [0.2, 0.25) is 0 Å². The predicted molar refractivity (Wildman–Crippen MR) is 91.6 cm³/mol. The van der Waals surface area contributed by atoms with Crippen molar-refractivity contribution in [1.29, 1.82) is 0 Å². The Labute approximate surface area is 135 Å². The summed E-state index contributed by atoms with van der Waals surface area (Å²) in [6.07, 6.45) is 1.09. The van der Waals surface area contributed by atoms with Crippen LogP contribution in [0.1, 0.15) is 25.0 Å². The van der Waals surface area contributed by atoms with E-state index in [1.807, 2.05) is 0 Å². The first-order chi connectivity index (χ1) is 11.2. The summed E-state index contributed by atoms with van der Waals surface area (Å²) in [5.41, 5.74) is 6.60. The highest BCUT2D eigenvalue weighted by atomic mass is 16.3. The summed E-state index contributed by atoms with van der Waals surface area (Å²) < 4.78 is 6.18. The van der Waals surface area contributed by atoms with Gasteiger partial charge >= 0.3 is 0 Å². The lowest BCUT2D eigenvalue weighted by Gasteiger charge is -2.16. The number of rotatable bonds is 2. The highest BCUT2D eigenvalue weighted by Gasteiger charge is 2.20. The Morgan fingerprint density at radius 2 is 2.09 bits per heavy atom. The van der Waals surface area contributed by atoms with Crippen molar-refractivity contribution in [3.05, 3.63) is 40.7 Å².